The number of aromatic nitrogens is 1. The molecule has 0 saturated heterocycles. The van der Waals surface area contributed by atoms with Gasteiger partial charge in [-0.2, -0.15) is 13.2 Å². The molecule has 0 spiro atoms. The van der Waals surface area contributed by atoms with Crippen molar-refractivity contribution in [3.8, 4) is 0 Å². The van der Waals surface area contributed by atoms with E-state index in [9.17, 15) is 18.0 Å². The van der Waals surface area contributed by atoms with Gasteiger partial charge in [0.25, 0.3) is 0 Å². The lowest BCUT2D eigenvalue weighted by molar-refractivity contribution is -0.0330. The number of nitrogens with zero attached hydrogens (tertiary/aromatic N) is 1. The first-order valence-electron chi connectivity index (χ1n) is 6.47. The van der Waals surface area contributed by atoms with Crippen LogP contribution >= 0.6 is 11.8 Å². The highest BCUT2D eigenvalue weighted by molar-refractivity contribution is 8.00. The van der Waals surface area contributed by atoms with E-state index < -0.39 is 11.6 Å². The van der Waals surface area contributed by atoms with Gasteiger partial charge in [0.1, 0.15) is 0 Å². The van der Waals surface area contributed by atoms with Crippen LogP contribution in [0.1, 0.15) is 5.56 Å². The summed E-state index contributed by atoms with van der Waals surface area (Å²) in [5.74, 6) is 0. The molecule has 0 saturated carbocycles. The summed E-state index contributed by atoms with van der Waals surface area (Å²) >= 11 is -0.137. The molecule has 22 heavy (non-hydrogen) atoms. The fourth-order valence-corrected chi connectivity index (χ4v) is 3.08. The third-order valence-electron chi connectivity index (χ3n) is 3.20. The van der Waals surface area contributed by atoms with Crippen molar-refractivity contribution in [2.45, 2.75) is 17.0 Å². The quantitative estimate of drug-likeness (QED) is 0.869. The Labute approximate surface area is 129 Å². The number of halogens is 3. The minimum Gasteiger partial charge on any atom is -0.453 e. The monoisotopic (exact) mass is 332 g/mol. The van der Waals surface area contributed by atoms with Crippen molar-refractivity contribution in [2.24, 2.45) is 7.05 Å². The first-order valence-corrected chi connectivity index (χ1v) is 7.29. The number of thioether (sulfide) groups is 1. The number of ether oxygens (including phenoxy) is 1. The number of para-hydroxylation sites is 1. The molecule has 0 aliphatic rings. The maximum atomic E-state index is 12.8. The average Bonchev–Trinajstić information content (AvgIpc) is 2.71. The van der Waals surface area contributed by atoms with Gasteiger partial charge in [-0.3, -0.25) is 0 Å². The lowest BCUT2D eigenvalue weighted by Crippen LogP contribution is -2.25. The van der Waals surface area contributed by atoms with Crippen LogP contribution in [0.5, 0.6) is 0 Å². The molecule has 1 heterocycles. The zero-order valence-electron chi connectivity index (χ0n) is 12.0. The fourth-order valence-electron chi connectivity index (χ4n) is 2.29. The smallest absolute Gasteiger partial charge is 0.447 e. The number of hydrogen-bond donors (Lipinski definition) is 1. The Hall–Kier alpha value is -1.83. The van der Waals surface area contributed by atoms with Crippen LogP contribution in [0.15, 0.2) is 29.3 Å². The first kappa shape index (κ1) is 16.5. The number of rotatable bonds is 4. The molecule has 0 aliphatic heterocycles. The maximum absolute atomic E-state index is 12.8. The van der Waals surface area contributed by atoms with E-state index in [-0.39, 0.29) is 29.8 Å². The molecular weight excluding hydrogens is 317 g/mol. The first-order chi connectivity index (χ1) is 10.3. The molecule has 2 aromatic rings. The van der Waals surface area contributed by atoms with E-state index in [0.29, 0.717) is 5.56 Å². The van der Waals surface area contributed by atoms with Crippen LogP contribution in [-0.4, -0.2) is 29.8 Å². The molecule has 0 fully saturated rings. The molecule has 1 N–H and O–H groups in total. The van der Waals surface area contributed by atoms with Crippen LogP contribution in [-0.2, 0) is 18.2 Å². The number of fused-ring (bicyclic) bond motifs is 1. The van der Waals surface area contributed by atoms with Crippen LogP contribution < -0.4 is 5.32 Å². The van der Waals surface area contributed by atoms with Crippen molar-refractivity contribution < 1.29 is 22.7 Å². The molecule has 1 aromatic carbocycles. The summed E-state index contributed by atoms with van der Waals surface area (Å²) in [4.78, 5) is 11.1. The SMILES string of the molecule is COC(=O)NCCc1c(SC(F)(F)F)n(C)c2ccccc12. The maximum Gasteiger partial charge on any atom is 0.447 e. The van der Waals surface area contributed by atoms with Gasteiger partial charge in [-0.1, -0.05) is 18.2 Å². The predicted octanol–water partition coefficient (Wildman–Crippen LogP) is 3.69. The number of methoxy groups -OCH3 is 1. The molecule has 2 rings (SSSR count). The number of alkyl carbamates (subject to hydrolysis) is 1. The van der Waals surface area contributed by atoms with E-state index in [1.54, 1.807) is 31.3 Å². The fraction of sp³-hybridized carbons (Fsp3) is 0.357. The molecule has 0 bridgehead atoms. The molecular formula is C14H15F3N2O2S. The molecule has 4 nitrogen and oxygen atoms in total. The van der Waals surface area contributed by atoms with Crippen molar-refractivity contribution in [2.75, 3.05) is 13.7 Å². The Morgan fingerprint density at radius 1 is 1.36 bits per heavy atom. The van der Waals surface area contributed by atoms with E-state index in [2.05, 4.69) is 10.1 Å². The Morgan fingerprint density at radius 2 is 2.05 bits per heavy atom. The number of benzene rings is 1. The summed E-state index contributed by atoms with van der Waals surface area (Å²) in [5, 5.41) is 3.38. The number of carbonyl (C=O) groups is 1. The number of amides is 1. The Balaban J connectivity index is 2.36. The summed E-state index contributed by atoms with van der Waals surface area (Å²) in [6.45, 7) is 0.200. The highest BCUT2D eigenvalue weighted by Crippen LogP contribution is 2.42. The van der Waals surface area contributed by atoms with Gasteiger partial charge in [-0.25, -0.2) is 4.79 Å². The van der Waals surface area contributed by atoms with Crippen molar-refractivity contribution in [1.29, 1.82) is 0 Å². The molecule has 0 unspecified atom stereocenters. The third-order valence-corrected chi connectivity index (χ3v) is 4.14. The minimum absolute atomic E-state index is 0.137. The molecule has 1 aromatic heterocycles. The van der Waals surface area contributed by atoms with Crippen LogP contribution in [0.25, 0.3) is 10.9 Å². The minimum atomic E-state index is -4.37. The summed E-state index contributed by atoms with van der Waals surface area (Å²) < 4.78 is 44.4. The van der Waals surface area contributed by atoms with Crippen LogP contribution in [0.2, 0.25) is 0 Å². The summed E-state index contributed by atoms with van der Waals surface area (Å²) in [7, 11) is 2.84. The van der Waals surface area contributed by atoms with E-state index in [1.807, 2.05) is 0 Å². The number of nitrogens with one attached hydrogen (secondary N) is 1. The summed E-state index contributed by atoms with van der Waals surface area (Å²) in [6, 6.07) is 7.11. The highest BCUT2D eigenvalue weighted by Gasteiger charge is 2.33. The summed E-state index contributed by atoms with van der Waals surface area (Å²) in [6.07, 6.45) is -0.320. The predicted molar refractivity (Wildman–Crippen MR) is 78.9 cm³/mol. The van der Waals surface area contributed by atoms with E-state index in [4.69, 9.17) is 0 Å². The number of aryl methyl sites for hydroxylation is 1. The van der Waals surface area contributed by atoms with Gasteiger partial charge in [0.2, 0.25) is 0 Å². The number of carbonyl (C=O) groups excluding carboxylic acids is 1. The number of alkyl halides is 3. The molecule has 120 valence electrons. The molecule has 0 aliphatic carbocycles. The second-order valence-electron chi connectivity index (χ2n) is 4.58. The van der Waals surface area contributed by atoms with Gasteiger partial charge >= 0.3 is 11.6 Å². The average molecular weight is 332 g/mol. The lowest BCUT2D eigenvalue weighted by atomic mass is 10.1. The Bertz CT molecular complexity index is 683. The Kier molecular flexibility index (Phi) is 4.90. The van der Waals surface area contributed by atoms with E-state index in [1.165, 1.54) is 11.7 Å². The Morgan fingerprint density at radius 3 is 2.68 bits per heavy atom. The van der Waals surface area contributed by atoms with Gasteiger partial charge in [-0.05, 0) is 18.1 Å². The largest absolute Gasteiger partial charge is 0.453 e. The van der Waals surface area contributed by atoms with Gasteiger partial charge in [0.05, 0.1) is 12.1 Å². The number of hydrogen-bond acceptors (Lipinski definition) is 3. The zero-order chi connectivity index (χ0) is 16.3. The molecule has 8 heteroatoms. The second-order valence-corrected chi connectivity index (χ2v) is 5.63. The van der Waals surface area contributed by atoms with Crippen molar-refractivity contribution in [1.82, 2.24) is 9.88 Å². The van der Waals surface area contributed by atoms with Crippen molar-refractivity contribution in [3.05, 3.63) is 29.8 Å². The van der Waals surface area contributed by atoms with Gasteiger partial charge in [0, 0.05) is 36.3 Å². The molecule has 0 radical (unpaired) electrons. The summed E-state index contributed by atoms with van der Waals surface area (Å²) in [5.41, 5.74) is -3.08. The molecule has 0 atom stereocenters. The third kappa shape index (κ3) is 3.68. The topological polar surface area (TPSA) is 43.3 Å². The van der Waals surface area contributed by atoms with Gasteiger partial charge in [0.15, 0.2) is 0 Å². The standard InChI is InChI=1S/C14H15F3N2O2S/c1-19-11-6-4-3-5-9(11)10(7-8-18-13(20)21-2)12(19)22-14(15,16)17/h3-6H,7-8H2,1-2H3,(H,18,20). The van der Waals surface area contributed by atoms with E-state index >= 15 is 0 Å². The lowest BCUT2D eigenvalue weighted by Gasteiger charge is -2.10. The van der Waals surface area contributed by atoms with Gasteiger partial charge in [-0.15, -0.1) is 0 Å². The zero-order valence-corrected chi connectivity index (χ0v) is 12.8. The van der Waals surface area contributed by atoms with Crippen LogP contribution in [0.3, 0.4) is 0 Å². The van der Waals surface area contributed by atoms with Crippen molar-refractivity contribution >= 4 is 28.8 Å². The van der Waals surface area contributed by atoms with Gasteiger partial charge < -0.3 is 14.6 Å². The highest BCUT2D eigenvalue weighted by atomic mass is 32.2. The van der Waals surface area contributed by atoms with E-state index in [0.717, 1.165) is 10.9 Å². The van der Waals surface area contributed by atoms with Crippen LogP contribution in [0, 0.1) is 0 Å². The second kappa shape index (κ2) is 6.51. The van der Waals surface area contributed by atoms with Crippen molar-refractivity contribution in [3.63, 3.8) is 0 Å². The normalized spacial score (nSPS) is 11.7. The van der Waals surface area contributed by atoms with Crippen LogP contribution in [0.4, 0.5) is 18.0 Å². The molecule has 1 amide bonds.